The van der Waals surface area contributed by atoms with Crippen molar-refractivity contribution < 1.29 is 166 Å². The summed E-state index contributed by atoms with van der Waals surface area (Å²) >= 11 is 1.16. The van der Waals surface area contributed by atoms with Crippen LogP contribution < -0.4 is 32.3 Å². The minimum Gasteiger partial charge on any atom is -0.702 e. The molecule has 6 aromatic rings. The average molecular weight is 1780 g/mol. The van der Waals surface area contributed by atoms with Crippen LogP contribution in [0.1, 0.15) is 27.3 Å². The number of likely N-dealkylation sites (N-methyl/N-ethyl adjacent to an activating group) is 3. The molecule has 41 heteroatoms. The number of aromatic nitrogens is 3. The molecule has 0 saturated heterocycles. The minimum atomic E-state index is -4.28. The molecule has 0 radical (unpaired) electrons. The largest absolute Gasteiger partial charge is 2.00 e. The number of anilines is 3. The molecule has 0 atom stereocenters. The van der Waals surface area contributed by atoms with E-state index in [1.54, 1.807) is 26.0 Å². The molecule has 0 saturated carbocycles. The van der Waals surface area contributed by atoms with E-state index in [4.69, 9.17) is 4.52 Å². The number of aliphatic hydroxyl groups is 3. The molecule has 3 aromatic heterocycles. The number of carbonyl (C=O) groups is 3. The first kappa shape index (κ1) is 72.0. The second-order valence-corrected chi connectivity index (χ2v) is 23.8. The minimum absolute atomic E-state index is 0. The average Bonchev–Trinajstić information content (AvgIpc) is 0.993. The Bertz CT molecular complexity index is 3930. The Morgan fingerprint density at radius 2 is 0.954 bits per heavy atom. The van der Waals surface area contributed by atoms with Crippen LogP contribution in [0, 0.1) is 32.0 Å². The van der Waals surface area contributed by atoms with Gasteiger partial charge < -0.3 is 73.9 Å². The number of hydrogen-bond acceptors (Lipinski definition) is 26. The Labute approximate surface area is 541 Å². The van der Waals surface area contributed by atoms with E-state index >= 15 is 0 Å². The van der Waals surface area contributed by atoms with Gasteiger partial charge in [-0.1, -0.05) is 47.3 Å². The Hall–Kier alpha value is -7.52. The number of pyridine rings is 1. The summed E-state index contributed by atoms with van der Waals surface area (Å²) in [6.45, 7) is 6.40. The van der Waals surface area contributed by atoms with Crippen LogP contribution in [-0.4, -0.2) is 163 Å². The van der Waals surface area contributed by atoms with E-state index in [1.807, 2.05) is 0 Å². The SMILES string of the molecule is CN1C(C(=O)Nc2ccccn2)=C(O)c2c(B(O)O[C-]=O)[c-]ccc2S1(=O)=O.Cc1cc(NC(=O)C2=C(O)c3c(B(O)O[C-]=O)[c-]ccc3S(=O)(=O)N2C)no1.Cc1cnc(NC(=O)C2=C(O)c3c(B(O)O[C-]=O)[c-]ccc3S(=O)(=O)N2C)s1.[W+2].[W+2].[W+2]. The van der Waals surface area contributed by atoms with E-state index in [-0.39, 0.29) is 96.4 Å². The maximum Gasteiger partial charge on any atom is 2.00 e. The molecule has 0 aliphatic carbocycles. The van der Waals surface area contributed by atoms with Crippen LogP contribution in [0.4, 0.5) is 16.8 Å². The van der Waals surface area contributed by atoms with E-state index in [0.717, 1.165) is 81.0 Å². The third kappa shape index (κ3) is 14.6. The zero-order valence-corrected chi connectivity index (χ0v) is 56.5. The number of carbonyl (C=O) groups excluding carboxylic acids is 6. The van der Waals surface area contributed by atoms with Crippen molar-refractivity contribution in [3.8, 4) is 0 Å². The maximum absolute atomic E-state index is 12.8. The van der Waals surface area contributed by atoms with Crippen molar-refractivity contribution in [1.82, 2.24) is 28.0 Å². The second-order valence-electron chi connectivity index (χ2n) is 16.7. The van der Waals surface area contributed by atoms with Gasteiger partial charge in [0.2, 0.25) is 30.1 Å². The maximum atomic E-state index is 12.8. The van der Waals surface area contributed by atoms with Crippen molar-refractivity contribution in [1.29, 1.82) is 0 Å². The van der Waals surface area contributed by atoms with E-state index in [1.165, 1.54) is 36.7 Å². The van der Waals surface area contributed by atoms with Gasteiger partial charge in [-0.05, 0) is 40.7 Å². The van der Waals surface area contributed by atoms with Crippen LogP contribution in [0.3, 0.4) is 0 Å². The molecule has 3 aliphatic heterocycles. The van der Waals surface area contributed by atoms with Crippen molar-refractivity contribution in [2.75, 3.05) is 37.1 Å². The Kier molecular flexibility index (Phi) is 24.4. The van der Waals surface area contributed by atoms with Crippen LogP contribution in [0.25, 0.3) is 17.3 Å². The smallest absolute Gasteiger partial charge is 0.702 e. The summed E-state index contributed by atoms with van der Waals surface area (Å²) < 4.78 is 96.4. The standard InChI is InChI=1S/C16H12BN3O7S.C15H12BN3O8S.C15H12BN3O7S2.3W/c1-20-14(16(23)19-12-7-2-3-8-18-12)15(22)13-10(17(24)27-9-21)5-4-6-11(13)28(20,25)26;1-8-6-11(18-27-8)17-15(22)13-14(21)12-9(16(23)26-7-20)4-3-5-10(12)28(24,25)19(13)2;1-8-6-17-15(27-8)18-14(22)12-13(21)11-9(16(23)26-7-20)4-3-5-10(11)28(24,25)19(12)2;;;/h2-4,6-8,22,24H,1H3,(H,18,19,23);2*3,5-6,21,23H,1-2H3,(H,17,18,22);;;/q3*-2;3*+2. The van der Waals surface area contributed by atoms with Gasteiger partial charge in [-0.3, -0.25) is 32.6 Å². The fourth-order valence-corrected chi connectivity index (χ4v) is 12.8. The number of nitrogens with zero attached hydrogens (tertiary/aromatic N) is 6. The number of benzene rings is 3. The monoisotopic (exact) mass is 1780 g/mol. The van der Waals surface area contributed by atoms with Gasteiger partial charge in [-0.2, -0.15) is 36.4 Å². The molecule has 6 heterocycles. The molecule has 9 N–H and O–H groups in total. The second kappa shape index (κ2) is 29.5. The van der Waals surface area contributed by atoms with E-state index in [0.29, 0.717) is 18.7 Å². The van der Waals surface area contributed by atoms with Gasteiger partial charge in [0.05, 0.1) is 17.3 Å². The quantitative estimate of drug-likeness (QED) is 0.0386. The summed E-state index contributed by atoms with van der Waals surface area (Å²) in [4.78, 5) is 76.6. The van der Waals surface area contributed by atoms with Crippen LogP contribution >= 0.6 is 11.3 Å². The predicted octanol–water partition coefficient (Wildman–Crippen LogP) is -2.28. The summed E-state index contributed by atoms with van der Waals surface area (Å²) in [5, 5.41) is 72.6. The number of amides is 3. The molecule has 0 spiro atoms. The molecule has 31 nitrogen and oxygen atoms in total. The molecular weight excluding hydrogens is 1740 g/mol. The number of nitrogens with one attached hydrogen (secondary N) is 3. The van der Waals surface area contributed by atoms with Crippen molar-refractivity contribution >= 4 is 150 Å². The molecule has 448 valence electrons. The number of sulfonamides is 3. The van der Waals surface area contributed by atoms with Crippen LogP contribution in [0.2, 0.25) is 0 Å². The topological polar surface area (TPSA) is 452 Å². The molecule has 0 bridgehead atoms. The zero-order valence-electron chi connectivity index (χ0n) is 44.4. The first-order chi connectivity index (χ1) is 39.6. The van der Waals surface area contributed by atoms with Gasteiger partial charge in [-0.25, -0.2) is 35.2 Å². The van der Waals surface area contributed by atoms with Crippen molar-refractivity contribution in [2.24, 2.45) is 0 Å². The fourth-order valence-electron chi connectivity index (χ4n) is 7.90. The van der Waals surface area contributed by atoms with Gasteiger partial charge in [0.15, 0.2) is 10.9 Å². The van der Waals surface area contributed by atoms with Gasteiger partial charge in [-0.15, -0.1) is 45.9 Å². The van der Waals surface area contributed by atoms with E-state index in [2.05, 4.69) is 63.2 Å². The third-order valence-corrected chi connectivity index (χ3v) is 17.9. The molecular formula is C46H36B3N9O22S4W3. The number of fused-ring (bicyclic) bond motifs is 3. The molecule has 3 amide bonds. The van der Waals surface area contributed by atoms with Gasteiger partial charge >= 0.3 is 84.6 Å². The molecule has 0 fully saturated rings. The first-order valence-corrected chi connectivity index (χ1v) is 28.0. The molecule has 3 aliphatic rings. The number of hydrogen-bond donors (Lipinski definition) is 9. The zero-order chi connectivity index (χ0) is 61.7. The predicted molar refractivity (Wildman–Crippen MR) is 291 cm³/mol. The number of thiazole rings is 1. The summed E-state index contributed by atoms with van der Waals surface area (Å²) in [6, 6.07) is 20.5. The number of aryl methyl sites for hydroxylation is 2. The van der Waals surface area contributed by atoms with Crippen molar-refractivity contribution in [2.45, 2.75) is 28.5 Å². The Morgan fingerprint density at radius 3 is 1.26 bits per heavy atom. The number of rotatable bonds is 15. The van der Waals surface area contributed by atoms with Crippen LogP contribution in [-0.2, 0) is 136 Å². The van der Waals surface area contributed by atoms with Crippen LogP contribution in [0.5, 0.6) is 0 Å². The summed E-state index contributed by atoms with van der Waals surface area (Å²) in [6.07, 6.45) is 2.93. The Morgan fingerprint density at radius 1 is 0.586 bits per heavy atom. The van der Waals surface area contributed by atoms with Gasteiger partial charge in [0.1, 0.15) is 28.7 Å². The third-order valence-electron chi connectivity index (χ3n) is 11.7. The van der Waals surface area contributed by atoms with E-state index < -0.39 is 135 Å². The number of aliphatic hydroxyl groups excluding tert-OH is 3. The fraction of sp³-hybridized carbons (Fsp3) is 0.109. The summed E-state index contributed by atoms with van der Waals surface area (Å²) in [5.74, 6) is -4.64. The summed E-state index contributed by atoms with van der Waals surface area (Å²) in [5.41, 5.74) is -4.13. The van der Waals surface area contributed by atoms with Crippen molar-refractivity contribution in [3.05, 3.63) is 136 Å². The van der Waals surface area contributed by atoms with Crippen molar-refractivity contribution in [3.63, 3.8) is 0 Å². The normalized spacial score (nSPS) is 14.5. The molecule has 87 heavy (non-hydrogen) atoms. The molecule has 9 rings (SSSR count). The van der Waals surface area contributed by atoms with E-state index in [9.17, 15) is 84.4 Å². The van der Waals surface area contributed by atoms with Crippen LogP contribution in [0.15, 0.2) is 109 Å². The first-order valence-electron chi connectivity index (χ1n) is 22.9. The molecule has 3 aromatic carbocycles. The Balaban J connectivity index is 0.000000275. The molecule has 0 unspecified atom stereocenters. The van der Waals surface area contributed by atoms with Gasteiger partial charge in [0.25, 0.3) is 17.7 Å². The summed E-state index contributed by atoms with van der Waals surface area (Å²) in [7, 11) is -15.4. The van der Waals surface area contributed by atoms with Gasteiger partial charge in [0, 0.05) is 44.5 Å².